The largest absolute Gasteiger partial charge is 0.302 e. The molecule has 1 N–H and O–H groups in total. The van der Waals surface area contributed by atoms with Crippen LogP contribution in [0.4, 0.5) is 0 Å². The van der Waals surface area contributed by atoms with E-state index in [-0.39, 0.29) is 4.90 Å². The molecule has 1 rings (SSSR count). The van der Waals surface area contributed by atoms with Crippen molar-refractivity contribution < 1.29 is 8.76 Å². The van der Waals surface area contributed by atoms with Crippen LogP contribution in [0, 0.1) is 6.92 Å². The molecule has 0 amide bonds. The second-order valence-electron chi connectivity index (χ2n) is 2.26. The molecule has 0 aromatic heterocycles. The van der Waals surface area contributed by atoms with Crippen molar-refractivity contribution in [2.24, 2.45) is 0 Å². The van der Waals surface area contributed by atoms with Crippen LogP contribution >= 0.6 is 23.2 Å². The van der Waals surface area contributed by atoms with Crippen molar-refractivity contribution in [1.29, 1.82) is 0 Å². The SMILES string of the molecule is Cc1c(Cl)cc(S(=O)O)cc1Cl. The highest BCUT2D eigenvalue weighted by Crippen LogP contribution is 2.26. The molecule has 0 aliphatic rings. The molecule has 0 saturated carbocycles. The van der Waals surface area contributed by atoms with Gasteiger partial charge in [-0.15, -0.1) is 0 Å². The Morgan fingerprint density at radius 3 is 2.08 bits per heavy atom. The van der Waals surface area contributed by atoms with E-state index in [4.69, 9.17) is 27.8 Å². The Hall–Kier alpha value is -0.0900. The standard InChI is InChI=1S/C7H6Cl2O2S/c1-4-6(8)2-5(12(10)11)3-7(4)9/h2-3H,1H3,(H,10,11). The van der Waals surface area contributed by atoms with Gasteiger partial charge < -0.3 is 4.55 Å². The number of hydrogen-bond acceptors (Lipinski definition) is 1. The Balaban J connectivity index is 3.31. The highest BCUT2D eigenvalue weighted by atomic mass is 35.5. The second-order valence-corrected chi connectivity index (χ2v) is 4.05. The van der Waals surface area contributed by atoms with E-state index in [1.165, 1.54) is 12.1 Å². The minimum absolute atomic E-state index is 0.218. The van der Waals surface area contributed by atoms with Gasteiger partial charge in [-0.1, -0.05) is 23.2 Å². The molecule has 0 saturated heterocycles. The van der Waals surface area contributed by atoms with Gasteiger partial charge >= 0.3 is 0 Å². The molecule has 0 aliphatic carbocycles. The normalized spacial score (nSPS) is 13.0. The summed E-state index contributed by atoms with van der Waals surface area (Å²) < 4.78 is 19.3. The predicted molar refractivity (Wildman–Crippen MR) is 50.2 cm³/mol. The van der Waals surface area contributed by atoms with Gasteiger partial charge in [0, 0.05) is 10.0 Å². The van der Waals surface area contributed by atoms with Gasteiger partial charge in [-0.25, -0.2) is 4.21 Å². The lowest BCUT2D eigenvalue weighted by Crippen LogP contribution is -1.89. The van der Waals surface area contributed by atoms with Crippen molar-refractivity contribution in [2.75, 3.05) is 0 Å². The molecule has 2 nitrogen and oxygen atoms in total. The number of halogens is 2. The van der Waals surface area contributed by atoms with Crippen molar-refractivity contribution in [3.8, 4) is 0 Å². The first-order chi connectivity index (χ1) is 5.52. The third-order valence-electron chi connectivity index (χ3n) is 1.46. The van der Waals surface area contributed by atoms with Crippen LogP contribution in [-0.4, -0.2) is 8.76 Å². The first kappa shape index (κ1) is 9.99. The van der Waals surface area contributed by atoms with E-state index in [0.29, 0.717) is 15.6 Å². The van der Waals surface area contributed by atoms with Crippen molar-refractivity contribution in [2.45, 2.75) is 11.8 Å². The fraction of sp³-hybridized carbons (Fsp3) is 0.143. The van der Waals surface area contributed by atoms with E-state index in [1.807, 2.05) is 0 Å². The van der Waals surface area contributed by atoms with Crippen LogP contribution in [0.2, 0.25) is 10.0 Å². The van der Waals surface area contributed by atoms with Gasteiger partial charge in [0.05, 0.1) is 4.90 Å². The summed E-state index contributed by atoms with van der Waals surface area (Å²) in [6, 6.07) is 2.86. The molecule has 1 aromatic rings. The summed E-state index contributed by atoms with van der Waals surface area (Å²) in [4.78, 5) is 0.218. The van der Waals surface area contributed by atoms with Crippen molar-refractivity contribution in [1.82, 2.24) is 0 Å². The lowest BCUT2D eigenvalue weighted by Gasteiger charge is -2.02. The smallest absolute Gasteiger partial charge is 0.186 e. The van der Waals surface area contributed by atoms with E-state index >= 15 is 0 Å². The Labute approximate surface area is 82.8 Å². The molecule has 0 aliphatic heterocycles. The summed E-state index contributed by atoms with van der Waals surface area (Å²) in [5, 5.41) is 0.805. The van der Waals surface area contributed by atoms with Crippen LogP contribution in [0.15, 0.2) is 17.0 Å². The van der Waals surface area contributed by atoms with Gasteiger partial charge in [0.25, 0.3) is 0 Å². The lowest BCUT2D eigenvalue weighted by molar-refractivity contribution is 0.564. The summed E-state index contributed by atoms with van der Waals surface area (Å²) in [7, 11) is 0. The van der Waals surface area contributed by atoms with Crippen LogP contribution in [0.25, 0.3) is 0 Å². The van der Waals surface area contributed by atoms with Crippen LogP contribution in [-0.2, 0) is 11.1 Å². The van der Waals surface area contributed by atoms with Gasteiger partial charge in [-0.05, 0) is 24.6 Å². The molecule has 1 unspecified atom stereocenters. The number of rotatable bonds is 1. The van der Waals surface area contributed by atoms with Crippen molar-refractivity contribution >= 4 is 34.3 Å². The molecule has 0 fully saturated rings. The van der Waals surface area contributed by atoms with Crippen molar-refractivity contribution in [3.63, 3.8) is 0 Å². The zero-order valence-corrected chi connectivity index (χ0v) is 8.50. The molecule has 12 heavy (non-hydrogen) atoms. The first-order valence-electron chi connectivity index (χ1n) is 3.09. The second kappa shape index (κ2) is 3.75. The van der Waals surface area contributed by atoms with Crippen LogP contribution < -0.4 is 0 Å². The zero-order valence-electron chi connectivity index (χ0n) is 6.17. The fourth-order valence-electron chi connectivity index (χ4n) is 0.723. The molecule has 0 radical (unpaired) electrons. The first-order valence-corrected chi connectivity index (χ1v) is 4.95. The molecule has 1 atom stereocenters. The number of hydrogen-bond donors (Lipinski definition) is 1. The zero-order chi connectivity index (χ0) is 9.30. The Bertz CT molecular complexity index is 315. The molecule has 0 bridgehead atoms. The van der Waals surface area contributed by atoms with Gasteiger partial charge in [-0.2, -0.15) is 0 Å². The fourth-order valence-corrected chi connectivity index (χ4v) is 1.78. The summed E-state index contributed by atoms with van der Waals surface area (Å²) in [6.07, 6.45) is 0. The third kappa shape index (κ3) is 1.98. The van der Waals surface area contributed by atoms with E-state index in [0.717, 1.165) is 0 Å². The molecule has 1 aromatic carbocycles. The quantitative estimate of drug-likeness (QED) is 0.746. The third-order valence-corrected chi connectivity index (χ3v) is 2.88. The topological polar surface area (TPSA) is 37.3 Å². The molecular formula is C7H6Cl2O2S. The summed E-state index contributed by atoms with van der Waals surface area (Å²) in [5.74, 6) is 0. The molecule has 0 spiro atoms. The van der Waals surface area contributed by atoms with Gasteiger partial charge in [0.2, 0.25) is 0 Å². The van der Waals surface area contributed by atoms with Crippen molar-refractivity contribution in [3.05, 3.63) is 27.7 Å². The predicted octanol–water partition coefficient (Wildman–Crippen LogP) is 2.88. The summed E-state index contributed by atoms with van der Waals surface area (Å²) >= 11 is 9.44. The average Bonchev–Trinajstić information content (AvgIpc) is 1.99. The van der Waals surface area contributed by atoms with Gasteiger partial charge in [-0.3, -0.25) is 0 Å². The van der Waals surface area contributed by atoms with Crippen LogP contribution in [0.3, 0.4) is 0 Å². The molecule has 66 valence electrons. The Morgan fingerprint density at radius 2 is 1.75 bits per heavy atom. The molecular weight excluding hydrogens is 219 g/mol. The minimum atomic E-state index is -2.03. The van der Waals surface area contributed by atoms with Gasteiger partial charge in [0.15, 0.2) is 11.1 Å². The number of benzene rings is 1. The van der Waals surface area contributed by atoms with E-state index < -0.39 is 11.1 Å². The highest BCUT2D eigenvalue weighted by molar-refractivity contribution is 7.79. The monoisotopic (exact) mass is 224 g/mol. The Morgan fingerprint density at radius 1 is 1.33 bits per heavy atom. The van der Waals surface area contributed by atoms with Gasteiger partial charge in [0.1, 0.15) is 0 Å². The maximum Gasteiger partial charge on any atom is 0.186 e. The van der Waals surface area contributed by atoms with E-state index in [2.05, 4.69) is 0 Å². The highest BCUT2D eigenvalue weighted by Gasteiger charge is 2.06. The maximum absolute atomic E-state index is 10.6. The van der Waals surface area contributed by atoms with E-state index in [9.17, 15) is 4.21 Å². The molecule has 0 heterocycles. The lowest BCUT2D eigenvalue weighted by atomic mass is 10.2. The average molecular weight is 225 g/mol. The van der Waals surface area contributed by atoms with Crippen LogP contribution in [0.1, 0.15) is 5.56 Å². The minimum Gasteiger partial charge on any atom is -0.302 e. The summed E-state index contributed by atoms with van der Waals surface area (Å²) in [5.41, 5.74) is 0.715. The summed E-state index contributed by atoms with van der Waals surface area (Å²) in [6.45, 7) is 1.74. The Kier molecular flexibility index (Phi) is 3.12. The molecule has 5 heteroatoms. The van der Waals surface area contributed by atoms with E-state index in [1.54, 1.807) is 6.92 Å². The van der Waals surface area contributed by atoms with Crippen LogP contribution in [0.5, 0.6) is 0 Å². The maximum atomic E-state index is 10.6.